The lowest BCUT2D eigenvalue weighted by molar-refractivity contribution is -0.0203. The van der Waals surface area contributed by atoms with Gasteiger partial charge in [0.25, 0.3) is 0 Å². The topological polar surface area (TPSA) is 196 Å². The Morgan fingerprint density at radius 2 is 1.79 bits per heavy atom. The van der Waals surface area contributed by atoms with Crippen LogP contribution in [0, 0.1) is 0 Å². The Morgan fingerprint density at radius 3 is 2.50 bits per heavy atom. The number of aliphatic hydroxyl groups excluding tert-OH is 2. The van der Waals surface area contributed by atoms with E-state index >= 15 is 0 Å². The van der Waals surface area contributed by atoms with E-state index in [-0.39, 0.29) is 0 Å². The van der Waals surface area contributed by atoms with Crippen LogP contribution in [-0.2, 0) is 24.9 Å². The molecule has 3 heterocycles. The summed E-state index contributed by atoms with van der Waals surface area (Å²) < 4.78 is 34.8. The zero-order chi connectivity index (χ0) is 24.5. The maximum Gasteiger partial charge on any atom is 0.340 e. The van der Waals surface area contributed by atoms with E-state index in [1.54, 1.807) is 12.1 Å². The Bertz CT molecular complexity index is 1230. The summed E-state index contributed by atoms with van der Waals surface area (Å²) in [5.74, 6) is -0.829. The number of nitrogens with zero attached hydrogens (tertiary/aromatic N) is 3. The van der Waals surface area contributed by atoms with Crippen LogP contribution in [0.25, 0.3) is 5.52 Å². The average Bonchev–Trinajstić information content (AvgIpc) is 3.32. The Balaban J connectivity index is 1.48. The summed E-state index contributed by atoms with van der Waals surface area (Å²) in [6, 6.07) is 13.1. The van der Waals surface area contributed by atoms with Crippen molar-refractivity contribution in [1.29, 1.82) is 0 Å². The van der Waals surface area contributed by atoms with Crippen molar-refractivity contribution in [2.24, 2.45) is 0 Å². The normalized spacial score (nSPS) is 24.9. The minimum absolute atomic E-state index is 0.400. The third kappa shape index (κ3) is 5.72. The average molecular weight is 514 g/mol. The minimum atomic E-state index is -4.80. The van der Waals surface area contributed by atoms with E-state index in [1.807, 2.05) is 30.3 Å². The van der Waals surface area contributed by atoms with Gasteiger partial charge in [0.2, 0.25) is 0 Å². The first kappa shape index (κ1) is 24.9. The predicted molar refractivity (Wildman–Crippen MR) is 119 cm³/mol. The lowest BCUT2D eigenvalue weighted by atomic mass is 10.1. The molecule has 0 saturated carbocycles. The van der Waals surface area contributed by atoms with Crippen LogP contribution in [0.4, 0.5) is 5.82 Å². The molecule has 2 aromatic heterocycles. The van der Waals surface area contributed by atoms with Crippen LogP contribution in [0.5, 0.6) is 0 Å². The van der Waals surface area contributed by atoms with Crippen molar-refractivity contribution in [3.05, 3.63) is 60.0 Å². The van der Waals surface area contributed by atoms with Gasteiger partial charge < -0.3 is 39.5 Å². The summed E-state index contributed by atoms with van der Waals surface area (Å²) in [7, 11) is -9.44. The number of anilines is 1. The largest absolute Gasteiger partial charge is 0.387 e. The van der Waals surface area contributed by atoms with E-state index in [4.69, 9.17) is 19.0 Å². The molecule has 34 heavy (non-hydrogen) atoms. The van der Waals surface area contributed by atoms with E-state index in [1.165, 1.54) is 10.8 Å². The third-order valence-corrected chi connectivity index (χ3v) is 8.70. The second kappa shape index (κ2) is 9.82. The summed E-state index contributed by atoms with van der Waals surface area (Å²) in [5.41, 5.74) is 2.04. The Morgan fingerprint density at radius 1 is 1.06 bits per heavy atom. The molecule has 1 aliphatic rings. The SMILES string of the molecule is O=P(O)(O)CP(=O)(O)OC[C@H]1O[C@@H](c2ccc3c(NCc4ccccc4)ncnn23)[C@H](O)[C@@H]1O. The van der Waals surface area contributed by atoms with Crippen LogP contribution in [0.3, 0.4) is 0 Å². The van der Waals surface area contributed by atoms with Crippen LogP contribution < -0.4 is 5.32 Å². The molecule has 1 aromatic carbocycles. The Labute approximate surface area is 193 Å². The second-order valence-corrected chi connectivity index (χ2v) is 11.8. The van der Waals surface area contributed by atoms with Crippen LogP contribution in [0.15, 0.2) is 48.8 Å². The minimum Gasteiger partial charge on any atom is -0.387 e. The number of aromatic nitrogens is 3. The highest BCUT2D eigenvalue weighted by Gasteiger charge is 2.46. The first-order valence-electron chi connectivity index (χ1n) is 10.2. The zero-order valence-electron chi connectivity index (χ0n) is 17.7. The van der Waals surface area contributed by atoms with Gasteiger partial charge in [-0.25, -0.2) is 9.50 Å². The van der Waals surface area contributed by atoms with E-state index in [9.17, 15) is 24.2 Å². The molecule has 0 radical (unpaired) electrons. The highest BCUT2D eigenvalue weighted by molar-refractivity contribution is 7.70. The summed E-state index contributed by atoms with van der Waals surface area (Å²) >= 11 is 0. The smallest absolute Gasteiger partial charge is 0.340 e. The van der Waals surface area contributed by atoms with Crippen LogP contribution in [0.1, 0.15) is 17.4 Å². The van der Waals surface area contributed by atoms with Crippen molar-refractivity contribution in [1.82, 2.24) is 14.6 Å². The van der Waals surface area contributed by atoms with Gasteiger partial charge in [0.1, 0.15) is 36.3 Å². The first-order chi connectivity index (χ1) is 16.0. The fraction of sp³-hybridized carbons (Fsp3) is 0.368. The lowest BCUT2D eigenvalue weighted by Crippen LogP contribution is -2.33. The lowest BCUT2D eigenvalue weighted by Gasteiger charge is -2.18. The van der Waals surface area contributed by atoms with Gasteiger partial charge in [0.15, 0.2) is 11.7 Å². The monoisotopic (exact) mass is 514 g/mol. The first-order valence-corrected chi connectivity index (χ1v) is 13.7. The highest BCUT2D eigenvalue weighted by atomic mass is 31.2. The van der Waals surface area contributed by atoms with Crippen LogP contribution in [0.2, 0.25) is 0 Å². The quantitative estimate of drug-likeness (QED) is 0.221. The van der Waals surface area contributed by atoms with Gasteiger partial charge in [0, 0.05) is 6.54 Å². The maximum absolute atomic E-state index is 11.9. The summed E-state index contributed by atoms with van der Waals surface area (Å²) in [6.45, 7) is -0.144. The van der Waals surface area contributed by atoms with Crippen molar-refractivity contribution >= 4 is 26.5 Å². The van der Waals surface area contributed by atoms with E-state index < -0.39 is 52.1 Å². The van der Waals surface area contributed by atoms with Crippen molar-refractivity contribution < 1.29 is 43.3 Å². The van der Waals surface area contributed by atoms with Gasteiger partial charge in [0.05, 0.1) is 12.3 Å². The molecule has 15 heteroatoms. The summed E-state index contributed by atoms with van der Waals surface area (Å²) in [4.78, 5) is 31.7. The third-order valence-electron chi connectivity index (χ3n) is 5.24. The molecule has 0 amide bonds. The van der Waals surface area contributed by atoms with Gasteiger partial charge in [-0.05, 0) is 17.7 Å². The molecule has 5 atom stereocenters. The summed E-state index contributed by atoms with van der Waals surface area (Å²) in [6.07, 6.45) is -3.85. The number of hydrogen-bond acceptors (Lipinski definition) is 9. The van der Waals surface area contributed by atoms with Gasteiger partial charge in [-0.2, -0.15) is 5.10 Å². The number of nitrogens with one attached hydrogen (secondary N) is 1. The fourth-order valence-corrected chi connectivity index (χ4v) is 6.25. The van der Waals surface area contributed by atoms with E-state index in [2.05, 4.69) is 15.4 Å². The van der Waals surface area contributed by atoms with Gasteiger partial charge in [-0.15, -0.1) is 0 Å². The molecule has 184 valence electrons. The Kier molecular flexibility index (Phi) is 7.20. The molecule has 0 aliphatic carbocycles. The van der Waals surface area contributed by atoms with Crippen molar-refractivity contribution in [2.45, 2.75) is 31.0 Å². The molecule has 13 nitrogen and oxygen atoms in total. The Hall–Kier alpha value is -2.18. The summed E-state index contributed by atoms with van der Waals surface area (Å²) in [5, 5.41) is 28.3. The molecule has 4 rings (SSSR count). The predicted octanol–water partition coefficient (Wildman–Crippen LogP) is 0.840. The zero-order valence-corrected chi connectivity index (χ0v) is 19.4. The van der Waals surface area contributed by atoms with Gasteiger partial charge >= 0.3 is 15.2 Å². The number of benzene rings is 1. The van der Waals surface area contributed by atoms with E-state index in [0.717, 1.165) is 5.56 Å². The molecule has 1 unspecified atom stereocenters. The molecule has 1 saturated heterocycles. The number of rotatable bonds is 9. The maximum atomic E-state index is 11.9. The molecule has 0 spiro atoms. The van der Waals surface area contributed by atoms with Gasteiger partial charge in [-0.1, -0.05) is 30.3 Å². The van der Waals surface area contributed by atoms with Gasteiger partial charge in [-0.3, -0.25) is 9.13 Å². The number of hydrogen-bond donors (Lipinski definition) is 6. The molecular formula is C19H24N4O9P2. The second-order valence-electron chi connectivity index (χ2n) is 7.82. The van der Waals surface area contributed by atoms with E-state index in [0.29, 0.717) is 23.6 Å². The van der Waals surface area contributed by atoms with Crippen LogP contribution in [-0.4, -0.2) is 70.3 Å². The van der Waals surface area contributed by atoms with Crippen LogP contribution >= 0.6 is 15.2 Å². The molecule has 6 N–H and O–H groups in total. The standard InChI is InChI=1S/C19H24N4O9P2/c24-16-15(9-31-34(29,30)11-33(26,27)28)32-18(17(16)25)13-6-7-14-19(21-10-22-23(13)14)20-8-12-4-2-1-3-5-12/h1-7,10,15-18,24-25H,8-9,11H2,(H,29,30)(H,20,21,22)(H2,26,27,28)/t15-,16-,17-,18+/m1/s1. The number of ether oxygens (including phenoxy) is 1. The van der Waals surface area contributed by atoms with Crippen molar-refractivity contribution in [2.75, 3.05) is 17.8 Å². The molecule has 3 aromatic rings. The molecule has 1 fully saturated rings. The molecule has 1 aliphatic heterocycles. The van der Waals surface area contributed by atoms with Crippen molar-refractivity contribution in [3.8, 4) is 0 Å². The number of fused-ring (bicyclic) bond motifs is 1. The molecule has 0 bridgehead atoms. The fourth-order valence-electron chi connectivity index (χ4n) is 3.68. The van der Waals surface area contributed by atoms with Crippen molar-refractivity contribution in [3.63, 3.8) is 0 Å². The molecular weight excluding hydrogens is 490 g/mol. The number of aliphatic hydroxyl groups is 2. The highest BCUT2D eigenvalue weighted by Crippen LogP contribution is 2.55.